The van der Waals surface area contributed by atoms with E-state index in [4.69, 9.17) is 0 Å². The fourth-order valence-electron chi connectivity index (χ4n) is 2.55. The Hall–Kier alpha value is -2.11. The topological polar surface area (TPSA) is 75.5 Å². The molecule has 1 aliphatic rings. The number of hydrogen-bond acceptors (Lipinski definition) is 4. The molecule has 0 spiro atoms. The number of rotatable bonds is 6. The van der Waals surface area contributed by atoms with Crippen LogP contribution in [0, 0.1) is 10.1 Å². The molecule has 1 fully saturated rings. The average Bonchev–Trinajstić information content (AvgIpc) is 2.68. The molecule has 2 rings (SSSR count). The third-order valence-electron chi connectivity index (χ3n) is 3.69. The average molecular weight is 291 g/mol. The van der Waals surface area contributed by atoms with Crippen molar-refractivity contribution in [2.45, 2.75) is 32.1 Å². The number of carbonyl (C=O) groups excluding carboxylic acids is 1. The molecular weight excluding hydrogens is 270 g/mol. The van der Waals surface area contributed by atoms with Crippen molar-refractivity contribution in [2.75, 3.05) is 25.0 Å². The Morgan fingerprint density at radius 3 is 2.86 bits per heavy atom. The maximum Gasteiger partial charge on any atom is 0.292 e. The minimum absolute atomic E-state index is 0.0864. The first-order chi connectivity index (χ1) is 10.2. The van der Waals surface area contributed by atoms with Crippen molar-refractivity contribution >= 4 is 17.3 Å². The van der Waals surface area contributed by atoms with E-state index >= 15 is 0 Å². The normalized spacial score (nSPS) is 15.6. The largest absolute Gasteiger partial charge is 0.379 e. The molecule has 1 N–H and O–H groups in total. The molecule has 0 radical (unpaired) electrons. The zero-order valence-electron chi connectivity index (χ0n) is 12.1. The van der Waals surface area contributed by atoms with Gasteiger partial charge in [-0.1, -0.05) is 18.6 Å². The summed E-state index contributed by atoms with van der Waals surface area (Å²) in [4.78, 5) is 24.3. The number of nitro benzene ring substituents is 1. The Morgan fingerprint density at radius 2 is 2.05 bits per heavy atom. The lowest BCUT2D eigenvalue weighted by Crippen LogP contribution is -2.32. The Labute approximate surface area is 124 Å². The van der Waals surface area contributed by atoms with Gasteiger partial charge in [0.15, 0.2) is 0 Å². The molecule has 1 heterocycles. The maximum atomic E-state index is 11.8. The van der Waals surface area contributed by atoms with Crippen LogP contribution in [0.5, 0.6) is 0 Å². The van der Waals surface area contributed by atoms with Gasteiger partial charge in [-0.15, -0.1) is 0 Å². The summed E-state index contributed by atoms with van der Waals surface area (Å²) in [6.45, 7) is 2.17. The monoisotopic (exact) mass is 291 g/mol. The van der Waals surface area contributed by atoms with Crippen molar-refractivity contribution in [3.63, 3.8) is 0 Å². The van der Waals surface area contributed by atoms with Crippen molar-refractivity contribution in [2.24, 2.45) is 0 Å². The highest BCUT2D eigenvalue weighted by Gasteiger charge is 2.16. The second-order valence-corrected chi connectivity index (χ2v) is 5.25. The lowest BCUT2D eigenvalue weighted by Gasteiger charge is -2.20. The summed E-state index contributed by atoms with van der Waals surface area (Å²) in [5.41, 5.74) is 0.619. The molecule has 1 aliphatic heterocycles. The van der Waals surface area contributed by atoms with Crippen LogP contribution in [0.1, 0.15) is 32.1 Å². The molecule has 0 atom stereocenters. The number of nitrogens with zero attached hydrogens (tertiary/aromatic N) is 2. The van der Waals surface area contributed by atoms with E-state index in [9.17, 15) is 14.9 Å². The lowest BCUT2D eigenvalue weighted by atomic mass is 10.2. The second-order valence-electron chi connectivity index (χ2n) is 5.25. The summed E-state index contributed by atoms with van der Waals surface area (Å²) in [5.74, 6) is 0.234. The molecule has 1 aromatic rings. The summed E-state index contributed by atoms with van der Waals surface area (Å²) in [5, 5.41) is 14.0. The number of likely N-dealkylation sites (tertiary alicyclic amines) is 1. The molecule has 1 aromatic carbocycles. The summed E-state index contributed by atoms with van der Waals surface area (Å²) < 4.78 is 0. The van der Waals surface area contributed by atoms with Crippen molar-refractivity contribution in [3.8, 4) is 0 Å². The third kappa shape index (κ3) is 4.44. The van der Waals surface area contributed by atoms with Crippen molar-refractivity contribution in [3.05, 3.63) is 34.4 Å². The van der Waals surface area contributed by atoms with Gasteiger partial charge in [0.05, 0.1) is 4.92 Å². The van der Waals surface area contributed by atoms with E-state index in [1.54, 1.807) is 18.2 Å². The Bertz CT molecular complexity index is 505. The summed E-state index contributed by atoms with van der Waals surface area (Å²) in [7, 11) is 0. The van der Waals surface area contributed by atoms with Crippen LogP contribution in [0.4, 0.5) is 11.4 Å². The van der Waals surface area contributed by atoms with E-state index < -0.39 is 0 Å². The van der Waals surface area contributed by atoms with Gasteiger partial charge in [0, 0.05) is 32.1 Å². The van der Waals surface area contributed by atoms with Gasteiger partial charge in [0.25, 0.3) is 5.69 Å². The van der Waals surface area contributed by atoms with Gasteiger partial charge >= 0.3 is 0 Å². The first-order valence-corrected chi connectivity index (χ1v) is 7.43. The molecule has 0 saturated carbocycles. The Kier molecular flexibility index (Phi) is 5.54. The van der Waals surface area contributed by atoms with E-state index in [0.717, 1.165) is 32.2 Å². The molecule has 0 unspecified atom stereocenters. The molecule has 6 nitrogen and oxygen atoms in total. The lowest BCUT2D eigenvalue weighted by molar-refractivity contribution is -0.384. The number of carbonyl (C=O) groups is 1. The van der Waals surface area contributed by atoms with Crippen molar-refractivity contribution in [1.82, 2.24) is 4.90 Å². The zero-order chi connectivity index (χ0) is 15.1. The number of nitro groups is 1. The third-order valence-corrected chi connectivity index (χ3v) is 3.69. The number of amides is 1. The van der Waals surface area contributed by atoms with E-state index in [1.807, 2.05) is 4.90 Å². The molecular formula is C15H21N3O3. The van der Waals surface area contributed by atoms with Crippen LogP contribution in [-0.4, -0.2) is 35.4 Å². The standard InChI is InChI=1S/C15H21N3O3/c19-15-9-2-1-5-11-17(15)12-6-10-16-13-7-3-4-8-14(13)18(20)21/h3-4,7-8,16H,1-2,5-6,9-12H2. The molecule has 114 valence electrons. The van der Waals surface area contributed by atoms with Gasteiger partial charge in [-0.2, -0.15) is 0 Å². The number of anilines is 1. The van der Waals surface area contributed by atoms with Crippen LogP contribution in [-0.2, 0) is 4.79 Å². The van der Waals surface area contributed by atoms with E-state index in [-0.39, 0.29) is 16.5 Å². The Morgan fingerprint density at radius 1 is 1.24 bits per heavy atom. The first-order valence-electron chi connectivity index (χ1n) is 7.43. The molecule has 21 heavy (non-hydrogen) atoms. The van der Waals surface area contributed by atoms with E-state index in [2.05, 4.69) is 5.32 Å². The summed E-state index contributed by atoms with van der Waals surface area (Å²) in [6, 6.07) is 6.61. The minimum atomic E-state index is -0.388. The highest BCUT2D eigenvalue weighted by molar-refractivity contribution is 5.76. The molecule has 1 amide bonds. The van der Waals surface area contributed by atoms with Gasteiger partial charge in [0.2, 0.25) is 5.91 Å². The van der Waals surface area contributed by atoms with Gasteiger partial charge in [0.1, 0.15) is 5.69 Å². The number of para-hydroxylation sites is 2. The minimum Gasteiger partial charge on any atom is -0.379 e. The fourth-order valence-corrected chi connectivity index (χ4v) is 2.55. The molecule has 0 bridgehead atoms. The van der Waals surface area contributed by atoms with Gasteiger partial charge in [-0.3, -0.25) is 14.9 Å². The van der Waals surface area contributed by atoms with Gasteiger partial charge in [-0.05, 0) is 25.3 Å². The van der Waals surface area contributed by atoms with Crippen LogP contribution in [0.25, 0.3) is 0 Å². The number of nitrogens with one attached hydrogen (secondary N) is 1. The zero-order valence-corrected chi connectivity index (χ0v) is 12.1. The molecule has 0 aliphatic carbocycles. The highest BCUT2D eigenvalue weighted by Crippen LogP contribution is 2.23. The van der Waals surface area contributed by atoms with E-state index in [0.29, 0.717) is 25.2 Å². The highest BCUT2D eigenvalue weighted by atomic mass is 16.6. The predicted molar refractivity (Wildman–Crippen MR) is 81.3 cm³/mol. The van der Waals surface area contributed by atoms with Crippen LogP contribution >= 0.6 is 0 Å². The SMILES string of the molecule is O=C1CCCCCN1CCCNc1ccccc1[N+](=O)[O-]. The maximum absolute atomic E-state index is 11.8. The van der Waals surface area contributed by atoms with Crippen molar-refractivity contribution < 1.29 is 9.72 Å². The first kappa shape index (κ1) is 15.3. The van der Waals surface area contributed by atoms with Crippen molar-refractivity contribution in [1.29, 1.82) is 0 Å². The summed E-state index contributed by atoms with van der Waals surface area (Å²) >= 11 is 0. The van der Waals surface area contributed by atoms with Crippen LogP contribution in [0.15, 0.2) is 24.3 Å². The number of hydrogen-bond donors (Lipinski definition) is 1. The summed E-state index contributed by atoms with van der Waals surface area (Å²) in [6.07, 6.45) is 4.62. The van der Waals surface area contributed by atoms with E-state index in [1.165, 1.54) is 6.07 Å². The number of benzene rings is 1. The van der Waals surface area contributed by atoms with Gasteiger partial charge < -0.3 is 10.2 Å². The van der Waals surface area contributed by atoms with Gasteiger partial charge in [-0.25, -0.2) is 0 Å². The molecule has 1 saturated heterocycles. The Balaban J connectivity index is 1.79. The van der Waals surface area contributed by atoms with Crippen LogP contribution in [0.3, 0.4) is 0 Å². The quantitative estimate of drug-likeness (QED) is 0.497. The smallest absolute Gasteiger partial charge is 0.292 e. The fraction of sp³-hybridized carbons (Fsp3) is 0.533. The second kappa shape index (κ2) is 7.61. The predicted octanol–water partition coefficient (Wildman–Crippen LogP) is 2.80. The molecule has 0 aromatic heterocycles. The van der Waals surface area contributed by atoms with Crippen LogP contribution in [0.2, 0.25) is 0 Å². The molecule has 6 heteroatoms. The van der Waals surface area contributed by atoms with Crippen LogP contribution < -0.4 is 5.32 Å².